The number of primary amides is 1. The quantitative estimate of drug-likeness (QED) is 0.382. The fourth-order valence-corrected chi connectivity index (χ4v) is 5.12. The molecule has 8 nitrogen and oxygen atoms in total. The van der Waals surface area contributed by atoms with Gasteiger partial charge in [0.25, 0.3) is 0 Å². The average Bonchev–Trinajstić information content (AvgIpc) is 3.41. The summed E-state index contributed by atoms with van der Waals surface area (Å²) in [5.41, 5.74) is 9.04. The molecule has 1 fully saturated rings. The number of hydrogen-bond acceptors (Lipinski definition) is 5. The Morgan fingerprint density at radius 3 is 2.47 bits per heavy atom. The number of amides is 2. The summed E-state index contributed by atoms with van der Waals surface area (Å²) in [6.45, 7) is 4.82. The van der Waals surface area contributed by atoms with E-state index in [1.165, 1.54) is 0 Å². The van der Waals surface area contributed by atoms with Crippen molar-refractivity contribution in [3.8, 4) is 17.6 Å². The first-order valence-corrected chi connectivity index (χ1v) is 12.6. The highest BCUT2D eigenvalue weighted by molar-refractivity contribution is 5.88. The molecule has 0 bridgehead atoms. The number of methoxy groups -OCH3 is 1. The number of rotatable bonds is 11. The van der Waals surface area contributed by atoms with E-state index < -0.39 is 23.3 Å². The zero-order chi connectivity index (χ0) is 27.1. The Bertz CT molecular complexity index is 1300. The van der Waals surface area contributed by atoms with Crippen molar-refractivity contribution >= 4 is 11.8 Å². The Kier molecular flexibility index (Phi) is 8.49. The van der Waals surface area contributed by atoms with Crippen LogP contribution in [0.2, 0.25) is 0 Å². The van der Waals surface area contributed by atoms with Crippen LogP contribution in [-0.4, -0.2) is 53.5 Å². The van der Waals surface area contributed by atoms with Crippen molar-refractivity contribution in [3.05, 3.63) is 83.4 Å². The number of imidazole rings is 1. The number of aromatic nitrogens is 2. The van der Waals surface area contributed by atoms with E-state index in [2.05, 4.69) is 21.8 Å². The van der Waals surface area contributed by atoms with Crippen molar-refractivity contribution in [1.29, 1.82) is 0 Å². The minimum Gasteiger partial charge on any atom is -0.497 e. The van der Waals surface area contributed by atoms with Gasteiger partial charge in [-0.25, -0.2) is 4.98 Å². The smallest absolute Gasteiger partial charge is 0.227 e. The van der Waals surface area contributed by atoms with Crippen molar-refractivity contribution in [1.82, 2.24) is 14.9 Å². The standard InChI is InChI=1S/C30H34N4O4/c1-4-5-14-38-30(27-9-7-6-8-21(27)2)18-34(19-30)29(36)26(15-22-10-12-24(37-3)13-11-22)25(28(31)35)16-23-17-32-20-33-23/h6-13,17,20,25-26H,14-16,18-19H2,1-3H3,(H2,31,35)(H,32,33)/t25?,26-/m1/s1. The van der Waals surface area contributed by atoms with E-state index in [9.17, 15) is 9.59 Å². The lowest BCUT2D eigenvalue weighted by Crippen LogP contribution is -2.64. The van der Waals surface area contributed by atoms with Gasteiger partial charge in [-0.2, -0.15) is 0 Å². The highest BCUT2D eigenvalue weighted by Crippen LogP contribution is 2.39. The lowest BCUT2D eigenvalue weighted by Gasteiger charge is -2.51. The van der Waals surface area contributed by atoms with Crippen LogP contribution in [0.4, 0.5) is 0 Å². The molecule has 4 rings (SSSR count). The number of likely N-dealkylation sites (tertiary alicyclic amines) is 1. The summed E-state index contributed by atoms with van der Waals surface area (Å²) >= 11 is 0. The third kappa shape index (κ3) is 5.90. The number of nitrogens with zero attached hydrogens (tertiary/aromatic N) is 2. The number of nitrogens with two attached hydrogens (primary N) is 1. The van der Waals surface area contributed by atoms with Gasteiger partial charge in [0.05, 0.1) is 38.4 Å². The zero-order valence-electron chi connectivity index (χ0n) is 22.1. The molecule has 1 saturated heterocycles. The maximum Gasteiger partial charge on any atom is 0.227 e. The largest absolute Gasteiger partial charge is 0.497 e. The molecule has 3 aromatic rings. The van der Waals surface area contributed by atoms with Crippen LogP contribution < -0.4 is 10.5 Å². The number of H-pyrrole nitrogens is 1. The number of ether oxygens (including phenoxy) is 2. The van der Waals surface area contributed by atoms with Crippen LogP contribution in [-0.2, 0) is 32.8 Å². The molecule has 8 heteroatoms. The molecule has 2 atom stereocenters. The molecule has 0 aliphatic carbocycles. The highest BCUT2D eigenvalue weighted by Gasteiger charge is 2.50. The molecule has 1 aliphatic heterocycles. The zero-order valence-corrected chi connectivity index (χ0v) is 22.1. The summed E-state index contributed by atoms with van der Waals surface area (Å²) in [6.07, 6.45) is 3.86. The fourth-order valence-electron chi connectivity index (χ4n) is 5.12. The third-order valence-corrected chi connectivity index (χ3v) is 7.22. The molecule has 198 valence electrons. The highest BCUT2D eigenvalue weighted by atomic mass is 16.5. The summed E-state index contributed by atoms with van der Waals surface area (Å²) < 4.78 is 11.6. The molecule has 2 heterocycles. The van der Waals surface area contributed by atoms with Crippen LogP contribution in [0, 0.1) is 30.6 Å². The molecule has 1 aromatic heterocycles. The first-order chi connectivity index (χ1) is 18.4. The van der Waals surface area contributed by atoms with Gasteiger partial charge in [0.1, 0.15) is 18.0 Å². The lowest BCUT2D eigenvalue weighted by molar-refractivity contribution is -0.174. The second-order valence-corrected chi connectivity index (χ2v) is 9.67. The van der Waals surface area contributed by atoms with Crippen LogP contribution in [0.1, 0.15) is 29.3 Å². The Labute approximate surface area is 223 Å². The summed E-state index contributed by atoms with van der Waals surface area (Å²) in [6, 6.07) is 15.6. The molecule has 0 radical (unpaired) electrons. The molecule has 0 saturated carbocycles. The van der Waals surface area contributed by atoms with Crippen LogP contribution in [0.15, 0.2) is 61.1 Å². The molecule has 0 spiro atoms. The predicted octanol–water partition coefficient (Wildman–Crippen LogP) is 3.01. The van der Waals surface area contributed by atoms with E-state index in [1.807, 2.05) is 55.5 Å². The fraction of sp³-hybridized carbons (Fsp3) is 0.367. The Morgan fingerprint density at radius 1 is 1.13 bits per heavy atom. The van der Waals surface area contributed by atoms with E-state index in [1.54, 1.807) is 31.5 Å². The predicted molar refractivity (Wildman–Crippen MR) is 144 cm³/mol. The minimum absolute atomic E-state index is 0.126. The van der Waals surface area contributed by atoms with E-state index in [0.717, 1.165) is 28.1 Å². The van der Waals surface area contributed by atoms with Crippen molar-refractivity contribution < 1.29 is 19.1 Å². The van der Waals surface area contributed by atoms with Gasteiger partial charge in [-0.15, -0.1) is 5.92 Å². The number of aromatic amines is 1. The first kappa shape index (κ1) is 27.0. The van der Waals surface area contributed by atoms with Crippen LogP contribution in [0.25, 0.3) is 0 Å². The van der Waals surface area contributed by atoms with Gasteiger partial charge >= 0.3 is 0 Å². The Morgan fingerprint density at radius 2 is 1.87 bits per heavy atom. The van der Waals surface area contributed by atoms with E-state index >= 15 is 0 Å². The lowest BCUT2D eigenvalue weighted by atomic mass is 9.78. The van der Waals surface area contributed by atoms with Crippen molar-refractivity contribution in [2.24, 2.45) is 17.6 Å². The maximum atomic E-state index is 14.0. The third-order valence-electron chi connectivity index (χ3n) is 7.22. The number of carbonyl (C=O) groups is 2. The SMILES string of the molecule is CC#CCOC1(c2ccccc2C)CN(C(=O)[C@H](Cc2ccc(OC)cc2)C(Cc2cnc[nH]2)C(N)=O)C1. The normalized spacial score (nSPS) is 15.5. The Hall–Kier alpha value is -4.09. The van der Waals surface area contributed by atoms with Gasteiger partial charge in [0, 0.05) is 18.3 Å². The number of carbonyl (C=O) groups excluding carboxylic acids is 2. The summed E-state index contributed by atoms with van der Waals surface area (Å²) in [5.74, 6) is 4.54. The molecular weight excluding hydrogens is 480 g/mol. The first-order valence-electron chi connectivity index (χ1n) is 12.6. The number of nitrogens with one attached hydrogen (secondary N) is 1. The topological polar surface area (TPSA) is 111 Å². The molecule has 1 aliphatic rings. The summed E-state index contributed by atoms with van der Waals surface area (Å²) in [5, 5.41) is 0. The van der Waals surface area contributed by atoms with Crippen molar-refractivity contribution in [3.63, 3.8) is 0 Å². The number of aryl methyl sites for hydroxylation is 1. The van der Waals surface area contributed by atoms with E-state index in [0.29, 0.717) is 25.9 Å². The molecule has 3 N–H and O–H groups in total. The van der Waals surface area contributed by atoms with Crippen LogP contribution >= 0.6 is 0 Å². The van der Waals surface area contributed by atoms with Crippen LogP contribution in [0.3, 0.4) is 0 Å². The van der Waals surface area contributed by atoms with Crippen molar-refractivity contribution in [2.75, 3.05) is 26.8 Å². The second-order valence-electron chi connectivity index (χ2n) is 9.67. The number of benzene rings is 2. The van der Waals surface area contributed by atoms with E-state index in [4.69, 9.17) is 15.2 Å². The summed E-state index contributed by atoms with van der Waals surface area (Å²) in [4.78, 5) is 35.6. The molecule has 1 unspecified atom stereocenters. The minimum atomic E-state index is -0.717. The average molecular weight is 515 g/mol. The monoisotopic (exact) mass is 514 g/mol. The van der Waals surface area contributed by atoms with Gasteiger partial charge < -0.3 is 25.1 Å². The van der Waals surface area contributed by atoms with Gasteiger partial charge in [0.2, 0.25) is 11.8 Å². The summed E-state index contributed by atoms with van der Waals surface area (Å²) in [7, 11) is 1.60. The molecule has 2 aromatic carbocycles. The van der Waals surface area contributed by atoms with Gasteiger partial charge in [-0.05, 0) is 49.1 Å². The molecule has 2 amide bonds. The van der Waals surface area contributed by atoms with Crippen LogP contribution in [0.5, 0.6) is 5.75 Å². The van der Waals surface area contributed by atoms with Gasteiger partial charge in [0.15, 0.2) is 0 Å². The second kappa shape index (κ2) is 12.0. The van der Waals surface area contributed by atoms with E-state index in [-0.39, 0.29) is 12.5 Å². The van der Waals surface area contributed by atoms with Gasteiger partial charge in [-0.3, -0.25) is 9.59 Å². The van der Waals surface area contributed by atoms with Crippen molar-refractivity contribution in [2.45, 2.75) is 32.3 Å². The number of hydrogen-bond donors (Lipinski definition) is 2. The Balaban J connectivity index is 1.62. The maximum absolute atomic E-state index is 14.0. The molecular formula is C30H34N4O4. The van der Waals surface area contributed by atoms with Gasteiger partial charge in [-0.1, -0.05) is 42.3 Å². The molecule has 38 heavy (non-hydrogen) atoms.